The van der Waals surface area contributed by atoms with E-state index in [9.17, 15) is 24.3 Å². The number of hydrogen-bond donors (Lipinski definition) is 3. The number of halogens is 1. The molecule has 3 N–H and O–H groups in total. The van der Waals surface area contributed by atoms with E-state index in [4.69, 9.17) is 21.1 Å². The summed E-state index contributed by atoms with van der Waals surface area (Å²) in [6.45, 7) is 3.67. The molecule has 10 nitrogen and oxygen atoms in total. The highest BCUT2D eigenvalue weighted by atomic mass is 35.5. The number of aliphatic hydroxyl groups is 1. The Morgan fingerprint density at radius 2 is 2.00 bits per heavy atom. The Morgan fingerprint density at radius 1 is 1.35 bits per heavy atom. The zero-order valence-electron chi connectivity index (χ0n) is 18.1. The van der Waals surface area contributed by atoms with Crippen molar-refractivity contribution in [1.29, 1.82) is 0 Å². The maximum atomic E-state index is 13.2. The van der Waals surface area contributed by atoms with Crippen LogP contribution in [0.4, 0.5) is 0 Å². The van der Waals surface area contributed by atoms with Crippen molar-refractivity contribution in [2.45, 2.75) is 51.0 Å². The van der Waals surface area contributed by atoms with Crippen LogP contribution in [0.2, 0.25) is 0 Å². The number of amides is 2. The van der Waals surface area contributed by atoms with Crippen molar-refractivity contribution in [3.05, 3.63) is 22.6 Å². The van der Waals surface area contributed by atoms with E-state index in [1.54, 1.807) is 7.05 Å². The number of ketones is 1. The molecule has 0 fully saturated rings. The zero-order chi connectivity index (χ0) is 23.5. The number of carbonyl (C=O) groups is 4. The van der Waals surface area contributed by atoms with E-state index in [0.717, 1.165) is 17.5 Å². The summed E-state index contributed by atoms with van der Waals surface area (Å²) in [5.41, 5.74) is 0.804. The summed E-state index contributed by atoms with van der Waals surface area (Å²) in [4.78, 5) is 52.0. The second kappa shape index (κ2) is 10.3. The average Bonchev–Trinajstić information content (AvgIpc) is 2.99. The molecule has 2 amide bonds. The molecule has 4 atom stereocenters. The van der Waals surface area contributed by atoms with E-state index < -0.39 is 47.9 Å². The van der Waals surface area contributed by atoms with Gasteiger partial charge in [0, 0.05) is 31.0 Å². The standard InChI is InChI=1S/C20H28ClN3O7/c1-9(2)17-15(22-3)19(28)24(4)12(8-21)18(27)23-11(20(29)30-5)6-10-14(31-17)7-13(25)16(10)26/h8-9,11,13,15,17,22,25H,6-7H2,1-5H3,(H,23,27)/b12-8-/t11-,13?,15-,17-/m0/s1. The molecule has 0 radical (unpaired) electrons. The Bertz CT molecular complexity index is 824. The van der Waals surface area contributed by atoms with Gasteiger partial charge in [0.25, 0.3) is 5.91 Å². The number of carbonyl (C=O) groups excluding carboxylic acids is 4. The molecule has 0 saturated heterocycles. The van der Waals surface area contributed by atoms with Gasteiger partial charge in [-0.15, -0.1) is 0 Å². The third kappa shape index (κ3) is 5.08. The SMILES string of the molecule is CN[C@@H]1C(=O)N(C)/C(=C\Cl)C(=O)N[C@H](C(=O)OC)CC2=C(CC(O)C2=O)O[C@H]1C(C)C. The van der Waals surface area contributed by atoms with Crippen LogP contribution >= 0.6 is 11.6 Å². The Balaban J connectivity index is 2.65. The Labute approximate surface area is 185 Å². The van der Waals surface area contributed by atoms with Crippen molar-refractivity contribution in [2.24, 2.45) is 5.92 Å². The van der Waals surface area contributed by atoms with Crippen LogP contribution in [0.3, 0.4) is 0 Å². The van der Waals surface area contributed by atoms with Crippen molar-refractivity contribution < 1.29 is 33.8 Å². The molecule has 0 saturated carbocycles. The number of nitrogens with one attached hydrogen (secondary N) is 2. The number of rotatable bonds is 3. The molecule has 0 aromatic rings. The number of ether oxygens (including phenoxy) is 2. The number of methoxy groups -OCH3 is 1. The van der Waals surface area contributed by atoms with Crippen LogP contribution in [0.5, 0.6) is 0 Å². The van der Waals surface area contributed by atoms with Gasteiger partial charge < -0.3 is 30.1 Å². The van der Waals surface area contributed by atoms with Gasteiger partial charge in [0.15, 0.2) is 5.78 Å². The monoisotopic (exact) mass is 457 g/mol. The lowest BCUT2D eigenvalue weighted by molar-refractivity contribution is -0.145. The topological polar surface area (TPSA) is 134 Å². The van der Waals surface area contributed by atoms with Crippen molar-refractivity contribution in [2.75, 3.05) is 21.2 Å². The zero-order valence-corrected chi connectivity index (χ0v) is 18.9. The number of hydrogen-bond acceptors (Lipinski definition) is 8. The highest BCUT2D eigenvalue weighted by Gasteiger charge is 2.42. The number of Topliss-reactive ketones (excluding diaryl/α,β-unsaturated/α-hetero) is 1. The number of aliphatic hydroxyl groups excluding tert-OH is 1. The molecule has 172 valence electrons. The quantitative estimate of drug-likeness (QED) is 0.392. The summed E-state index contributed by atoms with van der Waals surface area (Å²) in [7, 11) is 4.09. The highest BCUT2D eigenvalue weighted by molar-refractivity contribution is 6.28. The molecule has 1 aliphatic heterocycles. The van der Waals surface area contributed by atoms with E-state index in [-0.39, 0.29) is 35.8 Å². The Kier molecular flexibility index (Phi) is 8.21. The lowest BCUT2D eigenvalue weighted by Gasteiger charge is -2.34. The van der Waals surface area contributed by atoms with Gasteiger partial charge in [0.1, 0.15) is 35.7 Å². The van der Waals surface area contributed by atoms with Crippen molar-refractivity contribution in [3.63, 3.8) is 0 Å². The molecule has 0 spiro atoms. The normalized spacial score (nSPS) is 29.4. The van der Waals surface area contributed by atoms with Crippen LogP contribution in [-0.4, -0.2) is 79.1 Å². The summed E-state index contributed by atoms with van der Waals surface area (Å²) in [6.07, 6.45) is -2.40. The fourth-order valence-corrected chi connectivity index (χ4v) is 3.87. The van der Waals surface area contributed by atoms with Crippen LogP contribution in [0.1, 0.15) is 26.7 Å². The van der Waals surface area contributed by atoms with E-state index in [1.807, 2.05) is 13.8 Å². The first-order valence-electron chi connectivity index (χ1n) is 9.82. The van der Waals surface area contributed by atoms with Gasteiger partial charge >= 0.3 is 5.97 Å². The molecule has 11 heteroatoms. The summed E-state index contributed by atoms with van der Waals surface area (Å²) in [6, 6.07) is -2.14. The van der Waals surface area contributed by atoms with Crippen LogP contribution in [-0.2, 0) is 28.7 Å². The van der Waals surface area contributed by atoms with Gasteiger partial charge in [-0.1, -0.05) is 25.4 Å². The number of likely N-dealkylation sites (N-methyl/N-ethyl adjacent to an activating group) is 2. The molecule has 1 aliphatic carbocycles. The van der Waals surface area contributed by atoms with Gasteiger partial charge in [-0.05, 0) is 13.0 Å². The molecule has 2 rings (SSSR count). The lowest BCUT2D eigenvalue weighted by atomic mass is 9.97. The average molecular weight is 458 g/mol. The van der Waals surface area contributed by atoms with Gasteiger partial charge in [-0.3, -0.25) is 14.4 Å². The summed E-state index contributed by atoms with van der Waals surface area (Å²) < 4.78 is 10.9. The maximum absolute atomic E-state index is 13.2. The minimum atomic E-state index is -1.33. The first-order valence-corrected chi connectivity index (χ1v) is 10.3. The van der Waals surface area contributed by atoms with Gasteiger partial charge in [-0.25, -0.2) is 4.79 Å². The van der Waals surface area contributed by atoms with Crippen LogP contribution < -0.4 is 10.6 Å². The molecule has 0 aromatic carbocycles. The van der Waals surface area contributed by atoms with E-state index >= 15 is 0 Å². The molecule has 0 aromatic heterocycles. The van der Waals surface area contributed by atoms with E-state index in [1.165, 1.54) is 7.05 Å². The third-order valence-electron chi connectivity index (χ3n) is 5.38. The second-order valence-corrected chi connectivity index (χ2v) is 7.94. The summed E-state index contributed by atoms with van der Waals surface area (Å²) in [5.74, 6) is -2.72. The Hall–Kier alpha value is -2.43. The minimum absolute atomic E-state index is 0.0708. The fourth-order valence-electron chi connectivity index (χ4n) is 3.62. The minimum Gasteiger partial charge on any atom is -0.492 e. The predicted molar refractivity (Wildman–Crippen MR) is 110 cm³/mol. The molecular formula is C20H28ClN3O7. The summed E-state index contributed by atoms with van der Waals surface area (Å²) in [5, 5.41) is 15.5. The molecule has 2 aliphatic rings. The highest BCUT2D eigenvalue weighted by Crippen LogP contribution is 2.32. The van der Waals surface area contributed by atoms with Crippen molar-refractivity contribution >= 4 is 35.2 Å². The third-order valence-corrected chi connectivity index (χ3v) is 5.59. The van der Waals surface area contributed by atoms with Gasteiger partial charge in [-0.2, -0.15) is 0 Å². The van der Waals surface area contributed by atoms with Crippen molar-refractivity contribution in [1.82, 2.24) is 15.5 Å². The maximum Gasteiger partial charge on any atom is 0.328 e. The molecule has 1 unspecified atom stereocenters. The molecule has 1 heterocycles. The van der Waals surface area contributed by atoms with Crippen LogP contribution in [0.15, 0.2) is 22.6 Å². The predicted octanol–water partition coefficient (Wildman–Crippen LogP) is -0.196. The molecular weight excluding hydrogens is 430 g/mol. The van der Waals surface area contributed by atoms with E-state index in [2.05, 4.69) is 10.6 Å². The Morgan fingerprint density at radius 3 is 2.52 bits per heavy atom. The second-order valence-electron chi connectivity index (χ2n) is 7.72. The first-order chi connectivity index (χ1) is 14.6. The number of esters is 1. The van der Waals surface area contributed by atoms with Crippen molar-refractivity contribution in [3.8, 4) is 0 Å². The molecule has 0 bridgehead atoms. The fraction of sp³-hybridized carbons (Fsp3) is 0.600. The first kappa shape index (κ1) is 24.8. The largest absolute Gasteiger partial charge is 0.492 e. The summed E-state index contributed by atoms with van der Waals surface area (Å²) >= 11 is 5.83. The van der Waals surface area contributed by atoms with Gasteiger partial charge in [0.05, 0.1) is 7.11 Å². The molecule has 31 heavy (non-hydrogen) atoms. The van der Waals surface area contributed by atoms with Gasteiger partial charge in [0.2, 0.25) is 5.91 Å². The van der Waals surface area contributed by atoms with Crippen LogP contribution in [0.25, 0.3) is 0 Å². The smallest absolute Gasteiger partial charge is 0.328 e. The number of nitrogens with zero attached hydrogens (tertiary/aromatic N) is 1. The lowest BCUT2D eigenvalue weighted by Crippen LogP contribution is -2.54. The van der Waals surface area contributed by atoms with Crippen LogP contribution in [0, 0.1) is 5.92 Å². The van der Waals surface area contributed by atoms with E-state index in [0.29, 0.717) is 0 Å².